The number of fused-ring (bicyclic) bond motifs is 3. The van der Waals surface area contributed by atoms with Gasteiger partial charge in [-0.1, -0.05) is 159 Å². The average molecular weight is 878 g/mol. The molecule has 0 amide bonds. The Kier molecular flexibility index (Phi) is 12.3. The Bertz CT molecular complexity index is 2930. The number of nitrogens with zero attached hydrogens (tertiary/aromatic N) is 3. The van der Waals surface area contributed by atoms with E-state index in [1.807, 2.05) is 24.4 Å². The smallest absolute Gasteiger partial charge is 0.151 e. The van der Waals surface area contributed by atoms with E-state index in [0.29, 0.717) is 17.4 Å². The number of aromatic hydroxyl groups is 1. The van der Waals surface area contributed by atoms with E-state index in [0.717, 1.165) is 73.2 Å². The van der Waals surface area contributed by atoms with Crippen molar-refractivity contribution in [3.8, 4) is 50.8 Å². The molecule has 342 valence electrons. The van der Waals surface area contributed by atoms with Gasteiger partial charge < -0.3 is 9.84 Å². The lowest BCUT2D eigenvalue weighted by atomic mass is 9.76. The molecule has 3 heterocycles. The van der Waals surface area contributed by atoms with Crippen LogP contribution < -0.4 is 9.64 Å². The number of benzene rings is 5. The number of ether oxygens (including phenoxy) is 1. The number of rotatable bonds is 9. The molecule has 1 N–H and O–H groups in total. The fourth-order valence-electron chi connectivity index (χ4n) is 9.63. The number of anilines is 3. The largest absolute Gasteiger partial charge is 0.505 e. The third-order valence-electron chi connectivity index (χ3n) is 13.6. The van der Waals surface area contributed by atoms with Gasteiger partial charge in [-0.3, -0.25) is 4.90 Å². The van der Waals surface area contributed by atoms with Crippen molar-refractivity contribution in [3.63, 3.8) is 0 Å². The van der Waals surface area contributed by atoms with Crippen molar-refractivity contribution in [1.82, 2.24) is 9.97 Å². The molecule has 0 fully saturated rings. The molecular formula is C61H71N3O2. The Morgan fingerprint density at radius 2 is 1.17 bits per heavy atom. The molecule has 2 aromatic heterocycles. The van der Waals surface area contributed by atoms with Crippen molar-refractivity contribution < 1.29 is 9.84 Å². The van der Waals surface area contributed by atoms with Crippen LogP contribution in [0.25, 0.3) is 44.4 Å². The van der Waals surface area contributed by atoms with Gasteiger partial charge >= 0.3 is 0 Å². The van der Waals surface area contributed by atoms with Gasteiger partial charge in [0.15, 0.2) is 11.5 Å². The molecule has 1 aliphatic heterocycles. The number of phenolic OH excluding ortho intramolecular Hbond substituents is 1. The highest BCUT2D eigenvalue weighted by Gasteiger charge is 2.33. The van der Waals surface area contributed by atoms with Crippen molar-refractivity contribution in [2.24, 2.45) is 0 Å². The first-order chi connectivity index (χ1) is 31.0. The Hall–Kier alpha value is -5.94. The van der Waals surface area contributed by atoms with Crippen LogP contribution in [0, 0.1) is 0 Å². The molecule has 1 aliphatic rings. The quantitative estimate of drug-likeness (QED) is 0.157. The zero-order valence-electron chi connectivity index (χ0n) is 42.4. The normalized spacial score (nSPS) is 13.1. The molecule has 0 atom stereocenters. The summed E-state index contributed by atoms with van der Waals surface area (Å²) >= 11 is 0. The van der Waals surface area contributed by atoms with Crippen LogP contribution in [0.15, 0.2) is 103 Å². The SMILES string of the molecule is CC(C)c1cc(C(C)C)c(-c2cc(-c3ccccc3)c(O)c3nc(-c4cc5c(cc4C(C)C)Oc4ccc(C(C)C)cc4N5c4cc(C(C)(C)C)ccn4)cc(C(C)(C)C)c23)c(C(C)C)c1. The third-order valence-corrected chi connectivity index (χ3v) is 13.6. The van der Waals surface area contributed by atoms with E-state index in [-0.39, 0.29) is 34.3 Å². The number of hydrogen-bond acceptors (Lipinski definition) is 5. The van der Waals surface area contributed by atoms with Gasteiger partial charge in [0.05, 0.1) is 17.1 Å². The number of hydrogen-bond donors (Lipinski definition) is 1. The molecule has 0 radical (unpaired) electrons. The Balaban J connectivity index is 1.50. The average Bonchev–Trinajstić information content (AvgIpc) is 3.26. The fraction of sp³-hybridized carbons (Fsp3) is 0.377. The maximum atomic E-state index is 12.8. The van der Waals surface area contributed by atoms with E-state index in [1.54, 1.807) is 0 Å². The maximum Gasteiger partial charge on any atom is 0.151 e. The number of pyridine rings is 2. The zero-order chi connectivity index (χ0) is 47.7. The van der Waals surface area contributed by atoms with E-state index >= 15 is 0 Å². The summed E-state index contributed by atoms with van der Waals surface area (Å²) in [7, 11) is 0. The van der Waals surface area contributed by atoms with Crippen LogP contribution in [0.3, 0.4) is 0 Å². The first-order valence-corrected chi connectivity index (χ1v) is 24.3. The topological polar surface area (TPSA) is 58.5 Å². The molecule has 66 heavy (non-hydrogen) atoms. The van der Waals surface area contributed by atoms with Crippen molar-refractivity contribution in [1.29, 1.82) is 0 Å². The Morgan fingerprint density at radius 1 is 0.545 bits per heavy atom. The van der Waals surface area contributed by atoms with E-state index in [9.17, 15) is 5.11 Å². The predicted molar refractivity (Wildman–Crippen MR) is 280 cm³/mol. The highest BCUT2D eigenvalue weighted by molar-refractivity contribution is 6.07. The third kappa shape index (κ3) is 8.51. The lowest BCUT2D eigenvalue weighted by molar-refractivity contribution is 0.475. The predicted octanol–water partition coefficient (Wildman–Crippen LogP) is 18.1. The van der Waals surface area contributed by atoms with Crippen LogP contribution in [0.5, 0.6) is 17.2 Å². The summed E-state index contributed by atoms with van der Waals surface area (Å²) < 4.78 is 6.89. The van der Waals surface area contributed by atoms with Crippen molar-refractivity contribution in [2.45, 2.75) is 151 Å². The molecule has 8 rings (SSSR count). The molecular weight excluding hydrogens is 807 g/mol. The van der Waals surface area contributed by atoms with Crippen LogP contribution in [0.4, 0.5) is 17.2 Å². The number of aromatic nitrogens is 2. The summed E-state index contributed by atoms with van der Waals surface area (Å²) in [5, 5.41) is 13.8. The minimum Gasteiger partial charge on any atom is -0.505 e. The molecule has 5 nitrogen and oxygen atoms in total. The molecule has 7 aromatic rings. The van der Waals surface area contributed by atoms with Crippen molar-refractivity contribution >= 4 is 28.1 Å². The number of phenols is 1. The summed E-state index contributed by atoms with van der Waals surface area (Å²) in [4.78, 5) is 13.0. The first-order valence-electron chi connectivity index (χ1n) is 24.3. The molecule has 0 saturated heterocycles. The standard InChI is InChI=1S/C61H71N3O2/c1-34(2)40-22-23-53-51(28-40)64(55-29-42(24-25-62-55)60(11,12)13)52-31-47(43(36(5)6)32-54(52)66-53)50-33-49(61(14,15)16)57-48(30-46(59(65)58(57)63-50)39-20-18-17-19-21-39)56-44(37(7)8)26-41(35(3)4)27-45(56)38(9)10/h17-38,65H,1-16H3. The van der Waals surface area contributed by atoms with Gasteiger partial charge in [0.1, 0.15) is 17.1 Å². The van der Waals surface area contributed by atoms with E-state index < -0.39 is 0 Å². The van der Waals surface area contributed by atoms with Gasteiger partial charge in [-0.25, -0.2) is 9.97 Å². The molecule has 5 heteroatoms. The Morgan fingerprint density at radius 3 is 1.74 bits per heavy atom. The van der Waals surface area contributed by atoms with Crippen LogP contribution in [0.1, 0.15) is 179 Å². The summed E-state index contributed by atoms with van der Waals surface area (Å²) in [6, 6.07) is 35.1. The maximum absolute atomic E-state index is 12.8. The minimum atomic E-state index is -0.329. The van der Waals surface area contributed by atoms with Gasteiger partial charge in [0, 0.05) is 22.7 Å². The van der Waals surface area contributed by atoms with Gasteiger partial charge in [-0.15, -0.1) is 0 Å². The molecule has 0 saturated carbocycles. The highest BCUT2D eigenvalue weighted by Crippen LogP contribution is 2.55. The highest BCUT2D eigenvalue weighted by atomic mass is 16.5. The monoisotopic (exact) mass is 878 g/mol. The summed E-state index contributed by atoms with van der Waals surface area (Å²) in [6.07, 6.45) is 1.93. The molecule has 0 bridgehead atoms. The second kappa shape index (κ2) is 17.4. The first kappa shape index (κ1) is 46.6. The van der Waals surface area contributed by atoms with Crippen LogP contribution in [-0.4, -0.2) is 15.1 Å². The van der Waals surface area contributed by atoms with Crippen molar-refractivity contribution in [2.75, 3.05) is 4.90 Å². The lowest BCUT2D eigenvalue weighted by Gasteiger charge is -2.34. The van der Waals surface area contributed by atoms with E-state index in [2.05, 4.69) is 195 Å². The van der Waals surface area contributed by atoms with E-state index in [1.165, 1.54) is 33.4 Å². The molecule has 0 aliphatic carbocycles. The van der Waals surface area contributed by atoms with Gasteiger partial charge in [0.25, 0.3) is 0 Å². The summed E-state index contributed by atoms with van der Waals surface area (Å²) in [5.41, 5.74) is 16.6. The second-order valence-electron chi connectivity index (χ2n) is 22.3. The van der Waals surface area contributed by atoms with Gasteiger partial charge in [-0.2, -0.15) is 0 Å². The van der Waals surface area contributed by atoms with Gasteiger partial charge in [-0.05, 0) is 145 Å². The minimum absolute atomic E-state index is 0.0811. The second-order valence-corrected chi connectivity index (χ2v) is 22.3. The summed E-state index contributed by atoms with van der Waals surface area (Å²) in [6.45, 7) is 36.3. The molecule has 0 spiro atoms. The fourth-order valence-corrected chi connectivity index (χ4v) is 9.63. The summed E-state index contributed by atoms with van der Waals surface area (Å²) in [5.74, 6) is 3.96. The van der Waals surface area contributed by atoms with Crippen LogP contribution >= 0.6 is 0 Å². The van der Waals surface area contributed by atoms with Crippen LogP contribution in [-0.2, 0) is 10.8 Å². The molecule has 0 unspecified atom stereocenters. The van der Waals surface area contributed by atoms with Gasteiger partial charge in [0.2, 0.25) is 0 Å². The molecule has 5 aromatic carbocycles. The zero-order valence-corrected chi connectivity index (χ0v) is 42.4. The van der Waals surface area contributed by atoms with E-state index in [4.69, 9.17) is 14.7 Å². The van der Waals surface area contributed by atoms with Crippen LogP contribution in [0.2, 0.25) is 0 Å². The Labute approximate surface area is 395 Å². The lowest BCUT2D eigenvalue weighted by Crippen LogP contribution is -2.20. The van der Waals surface area contributed by atoms with Crippen molar-refractivity contribution in [3.05, 3.63) is 142 Å².